The first-order valence-electron chi connectivity index (χ1n) is 10.2. The SMILES string of the molecule is CCc1ccc(N2C(=O)c3oc4ccc(C)cc4c(=O)c3C2c2ccccc2F)cc1. The molecule has 0 saturated carbocycles. The molecule has 1 atom stereocenters. The Hall–Kier alpha value is -3.73. The summed E-state index contributed by atoms with van der Waals surface area (Å²) in [7, 11) is 0. The minimum atomic E-state index is -0.905. The number of nitrogens with zero attached hydrogens (tertiary/aromatic N) is 1. The Bertz CT molecular complexity index is 1390. The van der Waals surface area contributed by atoms with Gasteiger partial charge in [0.15, 0.2) is 5.43 Å². The number of anilines is 1. The van der Waals surface area contributed by atoms with Gasteiger partial charge in [-0.3, -0.25) is 14.5 Å². The molecule has 3 aromatic carbocycles. The molecule has 1 amide bonds. The largest absolute Gasteiger partial charge is 0.450 e. The van der Waals surface area contributed by atoms with Crippen LogP contribution in [0.5, 0.6) is 0 Å². The fraction of sp³-hybridized carbons (Fsp3) is 0.154. The second-order valence-electron chi connectivity index (χ2n) is 7.79. The Kier molecular flexibility index (Phi) is 4.47. The fourth-order valence-electron chi connectivity index (χ4n) is 4.24. The first-order valence-corrected chi connectivity index (χ1v) is 10.2. The van der Waals surface area contributed by atoms with Crippen LogP contribution >= 0.6 is 0 Å². The zero-order valence-corrected chi connectivity index (χ0v) is 17.2. The first-order chi connectivity index (χ1) is 15.0. The molecule has 31 heavy (non-hydrogen) atoms. The normalized spacial score (nSPS) is 15.5. The van der Waals surface area contributed by atoms with Gasteiger partial charge >= 0.3 is 0 Å². The summed E-state index contributed by atoms with van der Waals surface area (Å²) in [6.45, 7) is 3.93. The molecule has 1 aliphatic heterocycles. The van der Waals surface area contributed by atoms with Crippen molar-refractivity contribution in [1.29, 1.82) is 0 Å². The molecule has 4 aromatic rings. The van der Waals surface area contributed by atoms with Crippen LogP contribution in [0.25, 0.3) is 11.0 Å². The molecule has 154 valence electrons. The van der Waals surface area contributed by atoms with Crippen molar-refractivity contribution in [2.75, 3.05) is 4.90 Å². The predicted octanol–water partition coefficient (Wildman–Crippen LogP) is 5.55. The summed E-state index contributed by atoms with van der Waals surface area (Å²) in [5.41, 5.74) is 3.07. The number of hydrogen-bond acceptors (Lipinski definition) is 3. The number of carbonyl (C=O) groups excluding carboxylic acids is 1. The highest BCUT2D eigenvalue weighted by molar-refractivity contribution is 6.10. The molecule has 5 rings (SSSR count). The van der Waals surface area contributed by atoms with Gasteiger partial charge in [0.25, 0.3) is 5.91 Å². The Morgan fingerprint density at radius 2 is 1.74 bits per heavy atom. The third kappa shape index (κ3) is 2.96. The molecular formula is C26H20FNO3. The lowest BCUT2D eigenvalue weighted by Gasteiger charge is -2.25. The van der Waals surface area contributed by atoms with E-state index < -0.39 is 17.8 Å². The van der Waals surface area contributed by atoms with Crippen molar-refractivity contribution in [2.24, 2.45) is 0 Å². The molecule has 0 fully saturated rings. The summed E-state index contributed by atoms with van der Waals surface area (Å²) in [5.74, 6) is -0.965. The summed E-state index contributed by atoms with van der Waals surface area (Å²) in [6, 6.07) is 18.1. The number of amides is 1. The van der Waals surface area contributed by atoms with Crippen LogP contribution in [0.15, 0.2) is 75.9 Å². The summed E-state index contributed by atoms with van der Waals surface area (Å²) < 4.78 is 20.8. The highest BCUT2D eigenvalue weighted by atomic mass is 19.1. The maximum absolute atomic E-state index is 14.9. The number of hydrogen-bond donors (Lipinski definition) is 0. The topological polar surface area (TPSA) is 50.5 Å². The Balaban J connectivity index is 1.81. The van der Waals surface area contributed by atoms with Crippen molar-refractivity contribution in [3.8, 4) is 0 Å². The quantitative estimate of drug-likeness (QED) is 0.442. The molecule has 0 spiro atoms. The molecule has 0 bridgehead atoms. The highest BCUT2D eigenvalue weighted by Crippen LogP contribution is 2.42. The molecular weight excluding hydrogens is 393 g/mol. The van der Waals surface area contributed by atoms with E-state index in [1.54, 1.807) is 30.3 Å². The van der Waals surface area contributed by atoms with Gasteiger partial charge < -0.3 is 4.42 Å². The zero-order chi connectivity index (χ0) is 21.7. The van der Waals surface area contributed by atoms with E-state index in [1.807, 2.05) is 44.2 Å². The zero-order valence-electron chi connectivity index (χ0n) is 17.2. The van der Waals surface area contributed by atoms with E-state index in [1.165, 1.54) is 11.0 Å². The van der Waals surface area contributed by atoms with Crippen LogP contribution in [-0.4, -0.2) is 5.91 Å². The fourth-order valence-corrected chi connectivity index (χ4v) is 4.24. The molecule has 1 aromatic heterocycles. The second kappa shape index (κ2) is 7.20. The number of aryl methyl sites for hydroxylation is 2. The predicted molar refractivity (Wildman–Crippen MR) is 118 cm³/mol. The molecule has 1 unspecified atom stereocenters. The van der Waals surface area contributed by atoms with Crippen molar-refractivity contribution in [1.82, 2.24) is 0 Å². The third-order valence-electron chi connectivity index (χ3n) is 5.85. The van der Waals surface area contributed by atoms with Crippen molar-refractivity contribution < 1.29 is 13.6 Å². The van der Waals surface area contributed by atoms with Crippen molar-refractivity contribution in [3.05, 3.63) is 111 Å². The van der Waals surface area contributed by atoms with E-state index in [4.69, 9.17) is 4.42 Å². The monoisotopic (exact) mass is 413 g/mol. The molecule has 1 aliphatic rings. The number of rotatable bonds is 3. The van der Waals surface area contributed by atoms with Crippen LogP contribution < -0.4 is 10.3 Å². The summed E-state index contributed by atoms with van der Waals surface area (Å²) in [6.07, 6.45) is 0.857. The van der Waals surface area contributed by atoms with Crippen LogP contribution in [0, 0.1) is 12.7 Å². The Morgan fingerprint density at radius 1 is 1.00 bits per heavy atom. The van der Waals surface area contributed by atoms with E-state index in [0.717, 1.165) is 17.5 Å². The van der Waals surface area contributed by atoms with Gasteiger partial charge in [0.2, 0.25) is 5.76 Å². The van der Waals surface area contributed by atoms with Gasteiger partial charge in [-0.1, -0.05) is 48.9 Å². The number of fused-ring (bicyclic) bond motifs is 2. The summed E-state index contributed by atoms with van der Waals surface area (Å²) >= 11 is 0. The molecule has 0 saturated heterocycles. The van der Waals surface area contributed by atoms with Crippen LogP contribution in [0.1, 0.15) is 45.8 Å². The van der Waals surface area contributed by atoms with Crippen LogP contribution in [0.2, 0.25) is 0 Å². The van der Waals surface area contributed by atoms with Gasteiger partial charge in [-0.2, -0.15) is 0 Å². The van der Waals surface area contributed by atoms with Crippen LogP contribution in [0.4, 0.5) is 10.1 Å². The number of halogens is 1. The lowest BCUT2D eigenvalue weighted by molar-refractivity contribution is 0.0971. The van der Waals surface area contributed by atoms with Gasteiger partial charge in [-0.15, -0.1) is 0 Å². The minimum Gasteiger partial charge on any atom is -0.450 e. The molecule has 2 heterocycles. The first kappa shape index (κ1) is 19.2. The van der Waals surface area contributed by atoms with E-state index in [0.29, 0.717) is 16.7 Å². The lowest BCUT2D eigenvalue weighted by Crippen LogP contribution is -2.30. The molecule has 0 N–H and O–H groups in total. The van der Waals surface area contributed by atoms with Crippen LogP contribution in [-0.2, 0) is 6.42 Å². The Morgan fingerprint density at radius 3 is 2.45 bits per heavy atom. The Labute approximate surface area is 178 Å². The highest BCUT2D eigenvalue weighted by Gasteiger charge is 2.44. The van der Waals surface area contributed by atoms with E-state index >= 15 is 0 Å². The van der Waals surface area contributed by atoms with E-state index in [9.17, 15) is 14.0 Å². The minimum absolute atomic E-state index is 0.0332. The van der Waals surface area contributed by atoms with Gasteiger partial charge in [-0.25, -0.2) is 4.39 Å². The van der Waals surface area contributed by atoms with Crippen molar-refractivity contribution in [2.45, 2.75) is 26.3 Å². The maximum Gasteiger partial charge on any atom is 0.295 e. The third-order valence-corrected chi connectivity index (χ3v) is 5.85. The smallest absolute Gasteiger partial charge is 0.295 e. The number of benzene rings is 3. The summed E-state index contributed by atoms with van der Waals surface area (Å²) in [4.78, 5) is 28.5. The van der Waals surface area contributed by atoms with Crippen LogP contribution in [0.3, 0.4) is 0 Å². The summed E-state index contributed by atoms with van der Waals surface area (Å²) in [5, 5.41) is 0.385. The maximum atomic E-state index is 14.9. The average Bonchev–Trinajstić information content (AvgIpc) is 3.07. The van der Waals surface area contributed by atoms with Crippen molar-refractivity contribution in [3.63, 3.8) is 0 Å². The van der Waals surface area contributed by atoms with Gasteiger partial charge in [0.1, 0.15) is 11.4 Å². The van der Waals surface area contributed by atoms with Gasteiger partial charge in [0.05, 0.1) is 17.0 Å². The van der Waals surface area contributed by atoms with Gasteiger partial charge in [-0.05, 0) is 49.2 Å². The van der Waals surface area contributed by atoms with Gasteiger partial charge in [0, 0.05) is 11.3 Å². The number of carbonyl (C=O) groups is 1. The molecule has 0 radical (unpaired) electrons. The average molecular weight is 413 g/mol. The molecule has 4 nitrogen and oxygen atoms in total. The second-order valence-corrected chi connectivity index (χ2v) is 7.79. The molecule has 0 aliphatic carbocycles. The lowest BCUT2D eigenvalue weighted by atomic mass is 9.97. The van der Waals surface area contributed by atoms with Crippen molar-refractivity contribution >= 4 is 22.6 Å². The molecule has 5 heteroatoms. The standard InChI is InChI=1S/C26H20FNO3/c1-3-16-9-11-17(12-10-16)28-23(18-6-4-5-7-20(18)27)22-24(29)19-14-15(2)8-13-21(19)31-25(22)26(28)30/h4-14,23H,3H2,1-2H3. The van der Waals surface area contributed by atoms with E-state index in [-0.39, 0.29) is 22.3 Å². The van der Waals surface area contributed by atoms with E-state index in [2.05, 4.69) is 0 Å².